The van der Waals surface area contributed by atoms with E-state index in [9.17, 15) is 4.39 Å². The number of benzene rings is 1. The van der Waals surface area contributed by atoms with Crippen LogP contribution in [0.5, 0.6) is 5.75 Å². The van der Waals surface area contributed by atoms with Gasteiger partial charge in [0.05, 0.1) is 26.3 Å². The molecule has 0 unspecified atom stereocenters. The second-order valence-electron chi connectivity index (χ2n) is 4.13. The van der Waals surface area contributed by atoms with Gasteiger partial charge < -0.3 is 14.8 Å². The molecule has 3 nitrogen and oxygen atoms in total. The minimum Gasteiger partial charge on any atom is -0.491 e. The van der Waals surface area contributed by atoms with Crippen LogP contribution < -0.4 is 10.1 Å². The Hall–Kier alpha value is -1.13. The molecule has 4 heteroatoms. The zero-order chi connectivity index (χ0) is 13.1. The molecule has 1 aromatic rings. The lowest BCUT2D eigenvalue weighted by Crippen LogP contribution is -2.85. The fourth-order valence-electron chi connectivity index (χ4n) is 1.51. The molecule has 0 amide bonds. The minimum absolute atomic E-state index is 0.249. The van der Waals surface area contributed by atoms with Gasteiger partial charge in [0.1, 0.15) is 18.2 Å². The molecule has 0 saturated heterocycles. The maximum Gasteiger partial charge on any atom is 0.123 e. The monoisotopic (exact) mass is 256 g/mol. The van der Waals surface area contributed by atoms with E-state index >= 15 is 0 Å². The number of hydrogen-bond acceptors (Lipinski definition) is 2. The average Bonchev–Trinajstić information content (AvgIpc) is 2.39. The first-order valence-electron chi connectivity index (χ1n) is 6.60. The third-order valence-corrected chi connectivity index (χ3v) is 2.54. The zero-order valence-corrected chi connectivity index (χ0v) is 11.0. The van der Waals surface area contributed by atoms with Crippen molar-refractivity contribution in [1.82, 2.24) is 0 Å². The van der Waals surface area contributed by atoms with Crippen LogP contribution in [0.15, 0.2) is 24.3 Å². The van der Waals surface area contributed by atoms with Gasteiger partial charge in [0.15, 0.2) is 0 Å². The van der Waals surface area contributed by atoms with Crippen LogP contribution in [0.25, 0.3) is 0 Å². The zero-order valence-electron chi connectivity index (χ0n) is 11.0. The Morgan fingerprint density at radius 2 is 1.83 bits per heavy atom. The van der Waals surface area contributed by atoms with E-state index in [1.165, 1.54) is 31.5 Å². The van der Waals surface area contributed by atoms with Gasteiger partial charge in [0.2, 0.25) is 0 Å². The van der Waals surface area contributed by atoms with Gasteiger partial charge in [-0.05, 0) is 30.7 Å². The molecular formula is C14H23FNO2+. The van der Waals surface area contributed by atoms with Gasteiger partial charge >= 0.3 is 0 Å². The fourth-order valence-corrected chi connectivity index (χ4v) is 1.51. The van der Waals surface area contributed by atoms with E-state index in [-0.39, 0.29) is 5.82 Å². The molecule has 0 aliphatic rings. The molecular weight excluding hydrogens is 233 g/mol. The van der Waals surface area contributed by atoms with Crippen LogP contribution in [-0.4, -0.2) is 32.9 Å². The van der Waals surface area contributed by atoms with E-state index in [0.717, 1.165) is 13.2 Å². The molecule has 0 atom stereocenters. The first-order valence-corrected chi connectivity index (χ1v) is 6.60. The Balaban J connectivity index is 1.91. The summed E-state index contributed by atoms with van der Waals surface area (Å²) < 4.78 is 23.5. The molecule has 2 N–H and O–H groups in total. The Kier molecular flexibility index (Phi) is 8.17. The van der Waals surface area contributed by atoms with Crippen molar-refractivity contribution in [2.24, 2.45) is 0 Å². The van der Waals surface area contributed by atoms with E-state index in [0.29, 0.717) is 19.0 Å². The largest absolute Gasteiger partial charge is 0.491 e. The van der Waals surface area contributed by atoms with Crippen molar-refractivity contribution in [2.75, 3.05) is 32.9 Å². The predicted octanol–water partition coefficient (Wildman–Crippen LogP) is 1.58. The molecule has 0 heterocycles. The van der Waals surface area contributed by atoms with Gasteiger partial charge in [-0.1, -0.05) is 13.3 Å². The number of hydrogen-bond donors (Lipinski definition) is 1. The van der Waals surface area contributed by atoms with Crippen LogP contribution in [0, 0.1) is 5.82 Å². The summed E-state index contributed by atoms with van der Waals surface area (Å²) in [5.74, 6) is 0.427. The molecule has 0 fully saturated rings. The van der Waals surface area contributed by atoms with Crippen LogP contribution in [0.3, 0.4) is 0 Å². The van der Waals surface area contributed by atoms with Crippen LogP contribution in [0.2, 0.25) is 0 Å². The number of ether oxygens (including phenoxy) is 2. The van der Waals surface area contributed by atoms with E-state index in [1.807, 2.05) is 0 Å². The van der Waals surface area contributed by atoms with Crippen LogP contribution in [-0.2, 0) is 4.74 Å². The lowest BCUT2D eigenvalue weighted by Gasteiger charge is -2.06. The highest BCUT2D eigenvalue weighted by atomic mass is 19.1. The Morgan fingerprint density at radius 1 is 1.06 bits per heavy atom. The molecule has 0 bridgehead atoms. The van der Waals surface area contributed by atoms with Gasteiger partial charge in [-0.3, -0.25) is 0 Å². The lowest BCUT2D eigenvalue weighted by molar-refractivity contribution is -0.656. The summed E-state index contributed by atoms with van der Waals surface area (Å²) in [6.45, 7) is 6.18. The maximum absolute atomic E-state index is 12.6. The third-order valence-electron chi connectivity index (χ3n) is 2.54. The highest BCUT2D eigenvalue weighted by Crippen LogP contribution is 2.10. The van der Waals surface area contributed by atoms with Crippen molar-refractivity contribution in [1.29, 1.82) is 0 Å². The number of nitrogens with two attached hydrogens (primary N) is 1. The third kappa shape index (κ3) is 7.25. The lowest BCUT2D eigenvalue weighted by atomic mass is 10.3. The molecule has 0 saturated carbocycles. The highest BCUT2D eigenvalue weighted by molar-refractivity contribution is 5.21. The molecule has 102 valence electrons. The molecule has 0 spiro atoms. The Bertz CT molecular complexity index is 303. The summed E-state index contributed by atoms with van der Waals surface area (Å²) in [5.41, 5.74) is 0. The van der Waals surface area contributed by atoms with Gasteiger partial charge in [-0.2, -0.15) is 0 Å². The summed E-state index contributed by atoms with van der Waals surface area (Å²) in [6, 6.07) is 6.01. The van der Waals surface area contributed by atoms with Crippen molar-refractivity contribution in [2.45, 2.75) is 19.8 Å². The summed E-state index contributed by atoms with van der Waals surface area (Å²) in [7, 11) is 0. The first-order chi connectivity index (χ1) is 8.83. The Labute approximate surface area is 108 Å². The van der Waals surface area contributed by atoms with Gasteiger partial charge in [-0.25, -0.2) is 4.39 Å². The van der Waals surface area contributed by atoms with Gasteiger partial charge in [0, 0.05) is 0 Å². The topological polar surface area (TPSA) is 35.1 Å². The van der Waals surface area contributed by atoms with Crippen molar-refractivity contribution < 1.29 is 19.2 Å². The normalized spacial score (nSPS) is 10.6. The fraction of sp³-hybridized carbons (Fsp3) is 0.571. The maximum atomic E-state index is 12.6. The number of quaternary nitrogens is 1. The van der Waals surface area contributed by atoms with Crippen LogP contribution in [0.1, 0.15) is 19.8 Å². The highest BCUT2D eigenvalue weighted by Gasteiger charge is 1.95. The van der Waals surface area contributed by atoms with E-state index in [1.54, 1.807) is 12.1 Å². The minimum atomic E-state index is -0.249. The van der Waals surface area contributed by atoms with E-state index < -0.39 is 0 Å². The second-order valence-corrected chi connectivity index (χ2v) is 4.13. The van der Waals surface area contributed by atoms with E-state index in [4.69, 9.17) is 9.47 Å². The molecule has 1 aromatic carbocycles. The van der Waals surface area contributed by atoms with Gasteiger partial charge in [0.25, 0.3) is 0 Å². The van der Waals surface area contributed by atoms with Crippen molar-refractivity contribution in [3.05, 3.63) is 30.1 Å². The number of unbranched alkanes of at least 4 members (excludes halogenated alkanes) is 1. The molecule has 1 rings (SSSR count). The van der Waals surface area contributed by atoms with Crippen molar-refractivity contribution in [3.63, 3.8) is 0 Å². The van der Waals surface area contributed by atoms with Crippen molar-refractivity contribution >= 4 is 0 Å². The number of halogens is 1. The standard InChI is InChI=1S/C14H22FNO2/c1-2-3-8-16-9-10-17-11-12-18-14-6-4-13(15)5-7-14/h4-7,16H,2-3,8-12H2,1H3/p+1. The second kappa shape index (κ2) is 9.85. The van der Waals surface area contributed by atoms with E-state index in [2.05, 4.69) is 12.2 Å². The van der Waals surface area contributed by atoms with Gasteiger partial charge in [-0.15, -0.1) is 0 Å². The van der Waals surface area contributed by atoms with Crippen LogP contribution >= 0.6 is 0 Å². The number of rotatable bonds is 10. The molecule has 18 heavy (non-hydrogen) atoms. The SMILES string of the molecule is CCCC[NH2+]CCOCCOc1ccc(F)cc1. The summed E-state index contributed by atoms with van der Waals surface area (Å²) >= 11 is 0. The predicted molar refractivity (Wildman–Crippen MR) is 69.3 cm³/mol. The summed E-state index contributed by atoms with van der Waals surface area (Å²) in [6.07, 6.45) is 2.50. The quantitative estimate of drug-likeness (QED) is 0.645. The summed E-state index contributed by atoms with van der Waals surface area (Å²) in [4.78, 5) is 0. The first kappa shape index (κ1) is 14.9. The Morgan fingerprint density at radius 3 is 2.56 bits per heavy atom. The summed E-state index contributed by atoms with van der Waals surface area (Å²) in [5, 5.41) is 2.27. The average molecular weight is 256 g/mol. The molecule has 0 aromatic heterocycles. The smallest absolute Gasteiger partial charge is 0.123 e. The molecule has 0 radical (unpaired) electrons. The molecule has 0 aliphatic carbocycles. The van der Waals surface area contributed by atoms with Crippen molar-refractivity contribution in [3.8, 4) is 5.75 Å². The molecule has 0 aliphatic heterocycles. The van der Waals surface area contributed by atoms with Crippen LogP contribution in [0.4, 0.5) is 4.39 Å².